The predicted molar refractivity (Wildman–Crippen MR) is 49.2 cm³/mol. The van der Waals surface area contributed by atoms with Crippen molar-refractivity contribution in [1.82, 2.24) is 0 Å². The zero-order valence-electron chi connectivity index (χ0n) is 6.71. The number of aliphatic hydroxyl groups is 1. The zero-order chi connectivity index (χ0) is 8.41. The van der Waals surface area contributed by atoms with E-state index in [1.807, 2.05) is 0 Å². The second-order valence-electron chi connectivity index (χ2n) is 1.82. The number of hydrogen-bond donors (Lipinski definition) is 1. The van der Waals surface area contributed by atoms with Gasteiger partial charge in [-0.1, -0.05) is 6.92 Å². The van der Waals surface area contributed by atoms with Crippen molar-refractivity contribution >= 4 is 11.8 Å². The first kappa shape index (κ1) is 12.5. The van der Waals surface area contributed by atoms with Gasteiger partial charge in [0.25, 0.3) is 0 Å². The SMILES string of the molecule is C#C.CO.C[C@H]1CCCS1. The fraction of sp³-hybridized carbons (Fsp3) is 0.750. The summed E-state index contributed by atoms with van der Waals surface area (Å²) in [5.74, 6) is 1.40. The quantitative estimate of drug-likeness (QED) is 0.545. The molecule has 1 atom stereocenters. The van der Waals surface area contributed by atoms with Crippen molar-refractivity contribution in [1.29, 1.82) is 0 Å². The van der Waals surface area contributed by atoms with Crippen LogP contribution in [0.3, 0.4) is 0 Å². The normalized spacial score (nSPS) is 21.5. The van der Waals surface area contributed by atoms with E-state index in [-0.39, 0.29) is 0 Å². The number of hydrogen-bond acceptors (Lipinski definition) is 2. The molecule has 1 nitrogen and oxygen atoms in total. The van der Waals surface area contributed by atoms with Crippen LogP contribution in [0.5, 0.6) is 0 Å². The molecule has 1 fully saturated rings. The lowest BCUT2D eigenvalue weighted by atomic mass is 10.3. The van der Waals surface area contributed by atoms with E-state index in [4.69, 9.17) is 5.11 Å². The van der Waals surface area contributed by atoms with Crippen LogP contribution in [0.2, 0.25) is 0 Å². The van der Waals surface area contributed by atoms with Crippen molar-refractivity contribution in [3.8, 4) is 12.8 Å². The molecule has 1 N–H and O–H groups in total. The number of terminal acetylenes is 1. The average molecular weight is 160 g/mol. The minimum absolute atomic E-state index is 0.963. The van der Waals surface area contributed by atoms with Gasteiger partial charge in [-0.15, -0.1) is 12.8 Å². The van der Waals surface area contributed by atoms with Crippen LogP contribution in [0, 0.1) is 12.8 Å². The Kier molecular flexibility index (Phi) is 14.6. The molecule has 0 aromatic rings. The number of rotatable bonds is 0. The van der Waals surface area contributed by atoms with Crippen LogP contribution in [-0.4, -0.2) is 23.2 Å². The largest absolute Gasteiger partial charge is 0.400 e. The maximum atomic E-state index is 7.00. The van der Waals surface area contributed by atoms with E-state index in [0.29, 0.717) is 0 Å². The summed E-state index contributed by atoms with van der Waals surface area (Å²) in [7, 11) is 1.00. The Morgan fingerprint density at radius 3 is 2.00 bits per heavy atom. The van der Waals surface area contributed by atoms with E-state index >= 15 is 0 Å². The van der Waals surface area contributed by atoms with E-state index in [1.165, 1.54) is 18.6 Å². The van der Waals surface area contributed by atoms with Crippen LogP contribution in [0.1, 0.15) is 19.8 Å². The summed E-state index contributed by atoms with van der Waals surface area (Å²) in [6.07, 6.45) is 10.9. The molecular weight excluding hydrogens is 144 g/mol. The van der Waals surface area contributed by atoms with Gasteiger partial charge in [0.15, 0.2) is 0 Å². The molecule has 60 valence electrons. The van der Waals surface area contributed by atoms with Crippen molar-refractivity contribution in [2.24, 2.45) is 0 Å². The van der Waals surface area contributed by atoms with Crippen LogP contribution < -0.4 is 0 Å². The van der Waals surface area contributed by atoms with Crippen LogP contribution >= 0.6 is 11.8 Å². The lowest BCUT2D eigenvalue weighted by molar-refractivity contribution is 0.399. The van der Waals surface area contributed by atoms with Crippen molar-refractivity contribution in [2.75, 3.05) is 12.9 Å². The van der Waals surface area contributed by atoms with E-state index in [1.54, 1.807) is 0 Å². The molecule has 0 spiro atoms. The average Bonchev–Trinajstić information content (AvgIpc) is 2.48. The van der Waals surface area contributed by atoms with E-state index in [9.17, 15) is 0 Å². The molecule has 1 rings (SSSR count). The summed E-state index contributed by atoms with van der Waals surface area (Å²) in [6, 6.07) is 0. The maximum Gasteiger partial charge on any atom is 0.0319 e. The highest BCUT2D eigenvalue weighted by Crippen LogP contribution is 2.24. The molecule has 0 unspecified atom stereocenters. The molecule has 1 aliphatic heterocycles. The smallest absolute Gasteiger partial charge is 0.0319 e. The first-order valence-corrected chi connectivity index (χ1v) is 4.34. The third-order valence-electron chi connectivity index (χ3n) is 1.16. The second kappa shape index (κ2) is 11.6. The minimum Gasteiger partial charge on any atom is -0.400 e. The first-order chi connectivity index (χ1) is 4.89. The Bertz CT molecular complexity index is 64.9. The van der Waals surface area contributed by atoms with Gasteiger partial charge in [0.05, 0.1) is 0 Å². The van der Waals surface area contributed by atoms with Crippen LogP contribution in [0.15, 0.2) is 0 Å². The Morgan fingerprint density at radius 1 is 1.40 bits per heavy atom. The third-order valence-corrected chi connectivity index (χ3v) is 2.49. The Balaban J connectivity index is 0. The molecule has 0 saturated carbocycles. The summed E-state index contributed by atoms with van der Waals surface area (Å²) in [5, 5.41) is 7.96. The topological polar surface area (TPSA) is 20.2 Å². The Hall–Kier alpha value is -0.130. The highest BCUT2D eigenvalue weighted by atomic mass is 32.2. The van der Waals surface area contributed by atoms with Gasteiger partial charge in [-0.05, 0) is 18.6 Å². The summed E-state index contributed by atoms with van der Waals surface area (Å²) < 4.78 is 0. The fourth-order valence-electron chi connectivity index (χ4n) is 0.739. The molecule has 0 aromatic heterocycles. The molecule has 0 radical (unpaired) electrons. The fourth-order valence-corrected chi connectivity index (χ4v) is 1.81. The molecule has 1 heterocycles. The monoisotopic (exact) mass is 160 g/mol. The van der Waals surface area contributed by atoms with Gasteiger partial charge >= 0.3 is 0 Å². The second-order valence-corrected chi connectivity index (χ2v) is 3.37. The Morgan fingerprint density at radius 2 is 1.90 bits per heavy atom. The third kappa shape index (κ3) is 7.87. The van der Waals surface area contributed by atoms with Gasteiger partial charge in [0, 0.05) is 12.4 Å². The van der Waals surface area contributed by atoms with Gasteiger partial charge in [0.2, 0.25) is 0 Å². The van der Waals surface area contributed by atoms with Gasteiger partial charge < -0.3 is 5.11 Å². The molecule has 10 heavy (non-hydrogen) atoms. The molecule has 1 saturated heterocycles. The molecular formula is C8H16OS. The molecule has 0 aromatic carbocycles. The van der Waals surface area contributed by atoms with E-state index in [2.05, 4.69) is 31.5 Å². The van der Waals surface area contributed by atoms with E-state index in [0.717, 1.165) is 12.4 Å². The van der Waals surface area contributed by atoms with E-state index < -0.39 is 0 Å². The maximum absolute atomic E-state index is 7.00. The highest BCUT2D eigenvalue weighted by molar-refractivity contribution is 8.00. The minimum atomic E-state index is 0.963. The van der Waals surface area contributed by atoms with Gasteiger partial charge in [0.1, 0.15) is 0 Å². The summed E-state index contributed by atoms with van der Waals surface area (Å²) in [5.41, 5.74) is 0. The lowest BCUT2D eigenvalue weighted by Gasteiger charge is -1.91. The highest BCUT2D eigenvalue weighted by Gasteiger charge is 2.07. The van der Waals surface area contributed by atoms with Crippen LogP contribution in [0.4, 0.5) is 0 Å². The summed E-state index contributed by atoms with van der Waals surface area (Å²) in [6.45, 7) is 2.30. The lowest BCUT2D eigenvalue weighted by Crippen LogP contribution is -1.82. The van der Waals surface area contributed by atoms with Crippen LogP contribution in [0.25, 0.3) is 0 Å². The molecule has 0 amide bonds. The van der Waals surface area contributed by atoms with Crippen molar-refractivity contribution < 1.29 is 5.11 Å². The zero-order valence-corrected chi connectivity index (χ0v) is 7.53. The molecule has 0 bridgehead atoms. The Labute approximate surface area is 68.2 Å². The molecule has 0 aliphatic carbocycles. The number of thioether (sulfide) groups is 1. The molecule has 1 aliphatic rings. The molecule has 2 heteroatoms. The standard InChI is InChI=1S/C5H10S.C2H2.CH4O/c1-5-3-2-4-6-5;2*1-2/h5H,2-4H2,1H3;1-2H;2H,1H3/t5-;;/m0../s1. The predicted octanol–water partition coefficient (Wildman–Crippen LogP) is 1.76. The van der Waals surface area contributed by atoms with Gasteiger partial charge in [-0.25, -0.2) is 0 Å². The van der Waals surface area contributed by atoms with Gasteiger partial charge in [-0.3, -0.25) is 0 Å². The van der Waals surface area contributed by atoms with Gasteiger partial charge in [-0.2, -0.15) is 11.8 Å². The van der Waals surface area contributed by atoms with Crippen LogP contribution in [-0.2, 0) is 0 Å². The number of aliphatic hydroxyl groups excluding tert-OH is 1. The first-order valence-electron chi connectivity index (χ1n) is 3.29. The van der Waals surface area contributed by atoms with Crippen molar-refractivity contribution in [3.05, 3.63) is 0 Å². The summed E-state index contributed by atoms with van der Waals surface area (Å²) >= 11 is 2.10. The summed E-state index contributed by atoms with van der Waals surface area (Å²) in [4.78, 5) is 0. The van der Waals surface area contributed by atoms with Crippen molar-refractivity contribution in [2.45, 2.75) is 25.0 Å². The van der Waals surface area contributed by atoms with Crippen molar-refractivity contribution in [3.63, 3.8) is 0 Å².